The molecule has 7 aromatic carbocycles. The molecular weight excluding hydrogens is 585 g/mol. The predicted octanol–water partition coefficient (Wildman–Crippen LogP) is 12.3. The summed E-state index contributed by atoms with van der Waals surface area (Å²) in [6.07, 6.45) is 0. The molecular formula is C44H26N4. The third kappa shape index (κ3) is 4.07. The van der Waals surface area contributed by atoms with Gasteiger partial charge in [-0.1, -0.05) is 109 Å². The Hall–Kier alpha value is -6.88. The number of rotatable bonds is 4. The Labute approximate surface area is 277 Å². The van der Waals surface area contributed by atoms with Crippen molar-refractivity contribution in [3.8, 4) is 33.6 Å². The first kappa shape index (κ1) is 27.4. The number of aromatic nitrogens is 2. The van der Waals surface area contributed by atoms with Gasteiger partial charge in [0.1, 0.15) is 0 Å². The Morgan fingerprint density at radius 2 is 0.979 bits per heavy atom. The summed E-state index contributed by atoms with van der Waals surface area (Å²) in [5.74, 6) is 0. The molecule has 0 fully saturated rings. The van der Waals surface area contributed by atoms with Crippen LogP contribution in [-0.4, -0.2) is 9.13 Å². The molecule has 2 aromatic heterocycles. The maximum atomic E-state index is 8.08. The lowest BCUT2D eigenvalue weighted by Gasteiger charge is -2.18. The molecule has 0 saturated carbocycles. The zero-order valence-corrected chi connectivity index (χ0v) is 25.8. The van der Waals surface area contributed by atoms with Crippen molar-refractivity contribution in [3.63, 3.8) is 0 Å². The van der Waals surface area contributed by atoms with Crippen LogP contribution in [0.3, 0.4) is 0 Å². The van der Waals surface area contributed by atoms with E-state index in [1.807, 2.05) is 30.3 Å². The van der Waals surface area contributed by atoms with E-state index in [1.165, 1.54) is 10.8 Å². The first-order valence-electron chi connectivity index (χ1n) is 15.8. The van der Waals surface area contributed by atoms with Gasteiger partial charge in [-0.3, -0.25) is 0 Å². The topological polar surface area (TPSA) is 18.6 Å². The Morgan fingerprint density at radius 1 is 0.417 bits per heavy atom. The Morgan fingerprint density at radius 3 is 1.67 bits per heavy atom. The van der Waals surface area contributed by atoms with E-state index in [0.717, 1.165) is 66.5 Å². The summed E-state index contributed by atoms with van der Waals surface area (Å²) in [7, 11) is 0. The number of para-hydroxylation sites is 4. The highest BCUT2D eigenvalue weighted by atomic mass is 15.0. The molecule has 4 nitrogen and oxygen atoms in total. The van der Waals surface area contributed by atoms with E-state index in [2.05, 4.69) is 146 Å². The van der Waals surface area contributed by atoms with Crippen LogP contribution in [0.15, 0.2) is 158 Å². The Kier molecular flexibility index (Phi) is 6.22. The summed E-state index contributed by atoms with van der Waals surface area (Å²) < 4.78 is 4.55. The quantitative estimate of drug-likeness (QED) is 0.177. The molecule has 0 bridgehead atoms. The summed E-state index contributed by atoms with van der Waals surface area (Å²) in [5, 5.41) is 4.39. The van der Waals surface area contributed by atoms with Gasteiger partial charge in [0.15, 0.2) is 11.4 Å². The minimum atomic E-state index is 0.585. The SMILES string of the molecule is [C-]#[N+]c1cc(-c2ccccc2-c2ccccc2-n2c3ccccc3c3c([N+]#[C-])cccc32)cc(-n2c3ccccc3c3ccccc32)c1. The van der Waals surface area contributed by atoms with E-state index in [-0.39, 0.29) is 0 Å². The third-order valence-corrected chi connectivity index (χ3v) is 9.34. The van der Waals surface area contributed by atoms with E-state index in [4.69, 9.17) is 13.1 Å². The number of hydrogen-bond donors (Lipinski definition) is 0. The van der Waals surface area contributed by atoms with E-state index in [1.54, 1.807) is 0 Å². The van der Waals surface area contributed by atoms with Gasteiger partial charge in [0.25, 0.3) is 0 Å². The monoisotopic (exact) mass is 610 g/mol. The van der Waals surface area contributed by atoms with Crippen molar-refractivity contribution in [2.24, 2.45) is 0 Å². The summed E-state index contributed by atoms with van der Waals surface area (Å²) in [5.41, 5.74) is 11.6. The third-order valence-electron chi connectivity index (χ3n) is 9.34. The largest absolute Gasteiger partial charge is 0.310 e. The van der Waals surface area contributed by atoms with Crippen LogP contribution >= 0.6 is 0 Å². The van der Waals surface area contributed by atoms with Crippen molar-refractivity contribution in [1.82, 2.24) is 9.13 Å². The molecule has 0 spiro atoms. The van der Waals surface area contributed by atoms with Crippen LogP contribution < -0.4 is 0 Å². The lowest BCUT2D eigenvalue weighted by molar-refractivity contribution is 1.18. The molecule has 9 aromatic rings. The fourth-order valence-electron chi connectivity index (χ4n) is 7.36. The maximum Gasteiger partial charge on any atom is 0.197 e. The molecule has 0 saturated heterocycles. The fraction of sp³-hybridized carbons (Fsp3) is 0. The zero-order chi connectivity index (χ0) is 32.2. The van der Waals surface area contributed by atoms with E-state index >= 15 is 0 Å². The molecule has 0 unspecified atom stereocenters. The molecule has 2 heterocycles. The Bertz CT molecular complexity index is 2760. The molecule has 0 N–H and O–H groups in total. The van der Waals surface area contributed by atoms with Crippen LogP contribution in [0.1, 0.15) is 0 Å². The number of fused-ring (bicyclic) bond motifs is 6. The van der Waals surface area contributed by atoms with Crippen molar-refractivity contribution < 1.29 is 0 Å². The van der Waals surface area contributed by atoms with Crippen molar-refractivity contribution >= 4 is 55.0 Å². The van der Waals surface area contributed by atoms with Crippen molar-refractivity contribution in [2.75, 3.05) is 0 Å². The second kappa shape index (κ2) is 10.9. The number of nitrogens with zero attached hydrogens (tertiary/aromatic N) is 4. The van der Waals surface area contributed by atoms with Crippen LogP contribution in [0.4, 0.5) is 11.4 Å². The van der Waals surface area contributed by atoms with Gasteiger partial charge >= 0.3 is 0 Å². The number of hydrogen-bond acceptors (Lipinski definition) is 0. The van der Waals surface area contributed by atoms with Gasteiger partial charge in [-0.25, -0.2) is 9.69 Å². The molecule has 0 amide bonds. The highest BCUT2D eigenvalue weighted by Crippen LogP contribution is 2.43. The average molecular weight is 611 g/mol. The van der Waals surface area contributed by atoms with Gasteiger partial charge in [0.05, 0.1) is 35.4 Å². The molecule has 0 aliphatic carbocycles. The van der Waals surface area contributed by atoms with Crippen LogP contribution in [0, 0.1) is 13.1 Å². The molecule has 48 heavy (non-hydrogen) atoms. The number of benzene rings is 7. The smallest absolute Gasteiger partial charge is 0.197 e. The summed E-state index contributed by atoms with van der Waals surface area (Å²) >= 11 is 0. The predicted molar refractivity (Wildman–Crippen MR) is 199 cm³/mol. The van der Waals surface area contributed by atoms with Crippen molar-refractivity contribution in [2.45, 2.75) is 0 Å². The summed E-state index contributed by atoms with van der Waals surface area (Å²) in [4.78, 5) is 7.83. The minimum absolute atomic E-state index is 0.585. The zero-order valence-electron chi connectivity index (χ0n) is 25.8. The van der Waals surface area contributed by atoms with E-state index in [0.29, 0.717) is 11.4 Å². The Balaban J connectivity index is 1.30. The highest BCUT2D eigenvalue weighted by Gasteiger charge is 2.20. The molecule has 0 aliphatic heterocycles. The first-order valence-corrected chi connectivity index (χ1v) is 15.8. The molecule has 4 heteroatoms. The fourth-order valence-corrected chi connectivity index (χ4v) is 7.36. The van der Waals surface area contributed by atoms with Crippen LogP contribution in [0.2, 0.25) is 0 Å². The highest BCUT2D eigenvalue weighted by molar-refractivity contribution is 6.15. The normalized spacial score (nSPS) is 11.3. The summed E-state index contributed by atoms with van der Waals surface area (Å²) in [6.45, 7) is 16.0. The van der Waals surface area contributed by atoms with Crippen LogP contribution in [-0.2, 0) is 0 Å². The van der Waals surface area contributed by atoms with Crippen molar-refractivity contribution in [3.05, 3.63) is 181 Å². The van der Waals surface area contributed by atoms with Gasteiger partial charge in [-0.05, 0) is 70.6 Å². The molecule has 0 radical (unpaired) electrons. The van der Waals surface area contributed by atoms with E-state index < -0.39 is 0 Å². The average Bonchev–Trinajstić information content (AvgIpc) is 3.68. The molecule has 9 rings (SSSR count). The van der Waals surface area contributed by atoms with Crippen LogP contribution in [0.25, 0.3) is 86.9 Å². The summed E-state index contributed by atoms with van der Waals surface area (Å²) in [6, 6.07) is 54.3. The molecule has 222 valence electrons. The van der Waals surface area contributed by atoms with Gasteiger partial charge < -0.3 is 9.13 Å². The maximum absolute atomic E-state index is 8.08. The second-order valence-electron chi connectivity index (χ2n) is 11.9. The van der Waals surface area contributed by atoms with Crippen molar-refractivity contribution in [1.29, 1.82) is 0 Å². The van der Waals surface area contributed by atoms with Crippen LogP contribution in [0.5, 0.6) is 0 Å². The van der Waals surface area contributed by atoms with Gasteiger partial charge in [0, 0.05) is 32.9 Å². The van der Waals surface area contributed by atoms with E-state index in [9.17, 15) is 0 Å². The molecule has 0 aliphatic rings. The lowest BCUT2D eigenvalue weighted by Crippen LogP contribution is -1.98. The lowest BCUT2D eigenvalue weighted by atomic mass is 9.93. The molecule has 0 atom stereocenters. The second-order valence-corrected chi connectivity index (χ2v) is 11.9. The van der Waals surface area contributed by atoms with Gasteiger partial charge in [0.2, 0.25) is 0 Å². The van der Waals surface area contributed by atoms with Gasteiger partial charge in [-0.15, -0.1) is 0 Å². The minimum Gasteiger partial charge on any atom is -0.310 e. The van der Waals surface area contributed by atoms with Gasteiger partial charge in [-0.2, -0.15) is 0 Å². The first-order chi connectivity index (χ1) is 23.7. The standard InChI is InChI=1S/C44H26N4/c1-45-30-26-29(27-31(28-30)47-39-21-9-6-17-35(39)36-18-7-10-22-40(36)47)32-14-3-4-15-33(32)34-16-5-11-23-41(34)48-42-24-12-8-19-37(42)44-38(46-2)20-13-25-43(44)48/h3-28H.